The summed E-state index contributed by atoms with van der Waals surface area (Å²) < 4.78 is 13.2. The molecule has 9 heavy (non-hydrogen) atoms. The summed E-state index contributed by atoms with van der Waals surface area (Å²) in [6.07, 6.45) is 0.614. The lowest BCUT2D eigenvalue weighted by atomic mass is 9.97. The Hall–Kier alpha value is 0.370. The molecule has 1 heterocycles. The van der Waals surface area contributed by atoms with Crippen molar-refractivity contribution in [1.82, 2.24) is 5.32 Å². The Bertz CT molecular complexity index is 105. The summed E-state index contributed by atoms with van der Waals surface area (Å²) in [6.45, 7) is 3.19. The molecule has 1 aliphatic rings. The smallest absolute Gasteiger partial charge is 0.123 e. The van der Waals surface area contributed by atoms with Gasteiger partial charge in [0.2, 0.25) is 0 Å². The first-order valence-corrected chi connectivity index (χ1v) is 4.08. The number of halogens is 2. The van der Waals surface area contributed by atoms with Crippen LogP contribution in [0.15, 0.2) is 0 Å². The molecule has 0 saturated carbocycles. The zero-order chi connectivity index (χ0) is 6.91. The molecule has 3 heteroatoms. The average Bonchev–Trinajstić information content (AvgIpc) is 1.77. The van der Waals surface area contributed by atoms with Gasteiger partial charge in [-0.15, -0.1) is 0 Å². The third-order valence-electron chi connectivity index (χ3n) is 1.77. The fourth-order valence-electron chi connectivity index (χ4n) is 0.931. The van der Waals surface area contributed by atoms with Crippen LogP contribution in [0.5, 0.6) is 0 Å². The second-order valence-electron chi connectivity index (χ2n) is 2.70. The number of hydrogen-bond donors (Lipinski definition) is 1. The molecule has 0 amide bonds. The molecule has 1 N–H and O–H groups in total. The standard InChI is InChI=1S/C6H11BrFN/c1-6(8)2-3-9-4-5(6)7/h5,9H,2-4H2,1H3/t5-,6-/m1/s1. The molecule has 0 spiro atoms. The van der Waals surface area contributed by atoms with E-state index in [-0.39, 0.29) is 4.83 Å². The van der Waals surface area contributed by atoms with Crippen molar-refractivity contribution in [3.63, 3.8) is 0 Å². The normalized spacial score (nSPS) is 45.0. The van der Waals surface area contributed by atoms with Crippen LogP contribution >= 0.6 is 15.9 Å². The van der Waals surface area contributed by atoms with E-state index in [1.54, 1.807) is 6.92 Å². The van der Waals surface area contributed by atoms with Gasteiger partial charge in [0.25, 0.3) is 0 Å². The maximum atomic E-state index is 13.2. The van der Waals surface area contributed by atoms with Crippen molar-refractivity contribution >= 4 is 15.9 Å². The Labute approximate surface area is 63.1 Å². The number of alkyl halides is 2. The van der Waals surface area contributed by atoms with E-state index in [0.29, 0.717) is 6.42 Å². The predicted molar refractivity (Wildman–Crippen MR) is 39.7 cm³/mol. The zero-order valence-corrected chi connectivity index (χ0v) is 7.04. The van der Waals surface area contributed by atoms with E-state index in [2.05, 4.69) is 21.2 Å². The maximum Gasteiger partial charge on any atom is 0.123 e. The van der Waals surface area contributed by atoms with Gasteiger partial charge < -0.3 is 5.32 Å². The number of rotatable bonds is 0. The third kappa shape index (κ3) is 1.64. The minimum atomic E-state index is -1.01. The van der Waals surface area contributed by atoms with Crippen LogP contribution in [0.4, 0.5) is 4.39 Å². The quantitative estimate of drug-likeness (QED) is 0.578. The van der Waals surface area contributed by atoms with E-state index in [1.165, 1.54) is 0 Å². The second-order valence-corrected chi connectivity index (χ2v) is 3.81. The maximum absolute atomic E-state index is 13.2. The SMILES string of the molecule is C[C@@]1(F)CCNC[C@H]1Br. The van der Waals surface area contributed by atoms with Gasteiger partial charge in [-0.3, -0.25) is 0 Å². The van der Waals surface area contributed by atoms with Crippen LogP contribution in [-0.4, -0.2) is 23.6 Å². The van der Waals surface area contributed by atoms with Crippen LogP contribution in [-0.2, 0) is 0 Å². The number of piperidine rings is 1. The first kappa shape index (κ1) is 7.48. The summed E-state index contributed by atoms with van der Waals surface area (Å²) in [4.78, 5) is -0.0150. The minimum absolute atomic E-state index is 0.0150. The number of hydrogen-bond acceptors (Lipinski definition) is 1. The molecule has 0 aromatic heterocycles. The van der Waals surface area contributed by atoms with Gasteiger partial charge in [-0.05, 0) is 19.9 Å². The molecule has 0 radical (unpaired) electrons. The molecule has 1 aliphatic heterocycles. The minimum Gasteiger partial charge on any atom is -0.315 e. The predicted octanol–water partition coefficient (Wildman–Crippen LogP) is 1.47. The van der Waals surface area contributed by atoms with Gasteiger partial charge >= 0.3 is 0 Å². The molecule has 1 nitrogen and oxygen atoms in total. The molecule has 0 aromatic rings. The Morgan fingerprint density at radius 3 is 2.78 bits per heavy atom. The third-order valence-corrected chi connectivity index (χ3v) is 3.05. The Balaban J connectivity index is 2.49. The molecular weight excluding hydrogens is 185 g/mol. The fraction of sp³-hybridized carbons (Fsp3) is 1.00. The fourth-order valence-corrected chi connectivity index (χ4v) is 1.39. The molecule has 0 bridgehead atoms. The van der Waals surface area contributed by atoms with E-state index in [9.17, 15) is 4.39 Å². The van der Waals surface area contributed by atoms with Crippen molar-refractivity contribution in [3.8, 4) is 0 Å². The summed E-state index contributed by atoms with van der Waals surface area (Å²) in [6, 6.07) is 0. The highest BCUT2D eigenvalue weighted by atomic mass is 79.9. The van der Waals surface area contributed by atoms with E-state index in [0.717, 1.165) is 13.1 Å². The van der Waals surface area contributed by atoms with Gasteiger partial charge in [-0.25, -0.2) is 4.39 Å². The average molecular weight is 196 g/mol. The molecule has 0 aliphatic carbocycles. The zero-order valence-electron chi connectivity index (χ0n) is 5.45. The summed E-state index contributed by atoms with van der Waals surface area (Å²) in [5, 5.41) is 3.10. The summed E-state index contributed by atoms with van der Waals surface area (Å²) >= 11 is 3.27. The van der Waals surface area contributed by atoms with Crippen molar-refractivity contribution < 1.29 is 4.39 Å². The van der Waals surface area contributed by atoms with Gasteiger partial charge in [0.15, 0.2) is 0 Å². The Morgan fingerprint density at radius 1 is 1.78 bits per heavy atom. The molecule has 2 atom stereocenters. The van der Waals surface area contributed by atoms with E-state index in [1.807, 2.05) is 0 Å². The van der Waals surface area contributed by atoms with Crippen molar-refractivity contribution in [3.05, 3.63) is 0 Å². The topological polar surface area (TPSA) is 12.0 Å². The van der Waals surface area contributed by atoms with E-state index >= 15 is 0 Å². The van der Waals surface area contributed by atoms with E-state index in [4.69, 9.17) is 0 Å². The van der Waals surface area contributed by atoms with Gasteiger partial charge in [-0.1, -0.05) is 15.9 Å². The first-order valence-electron chi connectivity index (χ1n) is 3.16. The van der Waals surface area contributed by atoms with Gasteiger partial charge in [0, 0.05) is 6.54 Å². The highest BCUT2D eigenvalue weighted by molar-refractivity contribution is 9.09. The van der Waals surface area contributed by atoms with Crippen molar-refractivity contribution in [2.45, 2.75) is 23.8 Å². The molecule has 1 saturated heterocycles. The number of nitrogens with one attached hydrogen (secondary N) is 1. The van der Waals surface area contributed by atoms with Crippen LogP contribution in [0.1, 0.15) is 13.3 Å². The molecular formula is C6H11BrFN. The lowest BCUT2D eigenvalue weighted by molar-refractivity contribution is 0.150. The van der Waals surface area contributed by atoms with Crippen LogP contribution in [0.25, 0.3) is 0 Å². The monoisotopic (exact) mass is 195 g/mol. The van der Waals surface area contributed by atoms with Gasteiger partial charge in [0.1, 0.15) is 5.67 Å². The van der Waals surface area contributed by atoms with Crippen LogP contribution in [0.2, 0.25) is 0 Å². The lowest BCUT2D eigenvalue weighted by Crippen LogP contribution is -2.46. The molecule has 1 fully saturated rings. The second kappa shape index (κ2) is 2.54. The van der Waals surface area contributed by atoms with Crippen LogP contribution < -0.4 is 5.32 Å². The van der Waals surface area contributed by atoms with Crippen LogP contribution in [0, 0.1) is 0 Å². The lowest BCUT2D eigenvalue weighted by Gasteiger charge is -2.31. The van der Waals surface area contributed by atoms with Crippen molar-refractivity contribution in [2.75, 3.05) is 13.1 Å². The Kier molecular flexibility index (Phi) is 2.11. The summed E-state index contributed by atoms with van der Waals surface area (Å²) in [7, 11) is 0. The van der Waals surface area contributed by atoms with Crippen molar-refractivity contribution in [1.29, 1.82) is 0 Å². The molecule has 1 rings (SSSR count). The molecule has 0 aromatic carbocycles. The highest BCUT2D eigenvalue weighted by Gasteiger charge is 2.34. The molecule has 0 unspecified atom stereocenters. The van der Waals surface area contributed by atoms with E-state index < -0.39 is 5.67 Å². The largest absolute Gasteiger partial charge is 0.315 e. The van der Waals surface area contributed by atoms with Crippen LogP contribution in [0.3, 0.4) is 0 Å². The van der Waals surface area contributed by atoms with Crippen molar-refractivity contribution in [2.24, 2.45) is 0 Å². The first-order chi connectivity index (χ1) is 4.13. The summed E-state index contributed by atoms with van der Waals surface area (Å²) in [5.74, 6) is 0. The highest BCUT2D eigenvalue weighted by Crippen LogP contribution is 2.27. The Morgan fingerprint density at radius 2 is 2.44 bits per heavy atom. The van der Waals surface area contributed by atoms with Gasteiger partial charge in [0.05, 0.1) is 4.83 Å². The molecule has 54 valence electrons. The van der Waals surface area contributed by atoms with Gasteiger partial charge in [-0.2, -0.15) is 0 Å². The summed E-state index contributed by atoms with van der Waals surface area (Å²) in [5.41, 5.74) is -1.01.